The Bertz CT molecular complexity index is 562. The minimum Gasteiger partial charge on any atom is -0.347 e. The summed E-state index contributed by atoms with van der Waals surface area (Å²) in [6.07, 6.45) is 10.3. The highest BCUT2D eigenvalue weighted by Gasteiger charge is 2.14. The molecule has 108 valence electrons. The Kier molecular flexibility index (Phi) is 4.11. The monoisotopic (exact) mass is 270 g/mol. The maximum atomic E-state index is 5.92. The largest absolute Gasteiger partial charge is 0.347 e. The molecule has 0 radical (unpaired) electrons. The molecule has 1 aliphatic rings. The third kappa shape index (κ3) is 3.06. The van der Waals surface area contributed by atoms with Gasteiger partial charge in [0.1, 0.15) is 0 Å². The first-order chi connectivity index (χ1) is 9.72. The van der Waals surface area contributed by atoms with E-state index >= 15 is 0 Å². The zero-order valence-electron chi connectivity index (χ0n) is 12.5. The van der Waals surface area contributed by atoms with Crippen molar-refractivity contribution in [2.24, 2.45) is 11.7 Å². The predicted octanol–water partition coefficient (Wildman–Crippen LogP) is 4.11. The van der Waals surface area contributed by atoms with Crippen molar-refractivity contribution in [1.29, 1.82) is 0 Å². The van der Waals surface area contributed by atoms with Gasteiger partial charge in [0.25, 0.3) is 0 Å². The highest BCUT2D eigenvalue weighted by molar-refractivity contribution is 5.80. The first-order valence-corrected chi connectivity index (χ1v) is 8.06. The Morgan fingerprint density at radius 2 is 2.00 bits per heavy atom. The lowest BCUT2D eigenvalue weighted by molar-refractivity contribution is 0.322. The third-order valence-electron chi connectivity index (χ3n) is 4.58. The van der Waals surface area contributed by atoms with Gasteiger partial charge >= 0.3 is 0 Å². The third-order valence-corrected chi connectivity index (χ3v) is 4.58. The number of rotatable bonds is 4. The van der Waals surface area contributed by atoms with Crippen LogP contribution in [0.25, 0.3) is 10.9 Å². The van der Waals surface area contributed by atoms with Crippen LogP contribution in [0.5, 0.6) is 0 Å². The Balaban J connectivity index is 1.82. The minimum absolute atomic E-state index is 0.231. The summed E-state index contributed by atoms with van der Waals surface area (Å²) in [7, 11) is 0. The number of aromatic nitrogens is 1. The molecule has 2 nitrogen and oxygen atoms in total. The summed E-state index contributed by atoms with van der Waals surface area (Å²) in [5.41, 5.74) is 8.67. The van der Waals surface area contributed by atoms with Crippen LogP contribution >= 0.6 is 0 Å². The lowest BCUT2D eigenvalue weighted by Gasteiger charge is -2.22. The number of fused-ring (bicyclic) bond motifs is 1. The summed E-state index contributed by atoms with van der Waals surface area (Å²) < 4.78 is 2.45. The molecule has 2 N–H and O–H groups in total. The fourth-order valence-corrected chi connectivity index (χ4v) is 3.54. The van der Waals surface area contributed by atoms with Crippen LogP contribution in [-0.4, -0.2) is 10.6 Å². The van der Waals surface area contributed by atoms with E-state index in [2.05, 4.69) is 42.0 Å². The summed E-state index contributed by atoms with van der Waals surface area (Å²) in [5.74, 6) is 0.872. The van der Waals surface area contributed by atoms with Crippen molar-refractivity contribution < 1.29 is 0 Å². The van der Waals surface area contributed by atoms with Crippen molar-refractivity contribution in [2.75, 3.05) is 0 Å². The van der Waals surface area contributed by atoms with E-state index in [-0.39, 0.29) is 6.04 Å². The molecule has 0 bridgehead atoms. The van der Waals surface area contributed by atoms with Gasteiger partial charge in [-0.1, -0.05) is 31.4 Å². The van der Waals surface area contributed by atoms with E-state index in [1.54, 1.807) is 0 Å². The van der Waals surface area contributed by atoms with Crippen molar-refractivity contribution in [2.45, 2.75) is 58.0 Å². The van der Waals surface area contributed by atoms with Crippen molar-refractivity contribution in [1.82, 2.24) is 4.57 Å². The highest BCUT2D eigenvalue weighted by atomic mass is 15.0. The fourth-order valence-electron chi connectivity index (χ4n) is 3.54. The van der Waals surface area contributed by atoms with Crippen LogP contribution < -0.4 is 5.73 Å². The van der Waals surface area contributed by atoms with Crippen LogP contribution in [0.2, 0.25) is 0 Å². The summed E-state index contributed by atoms with van der Waals surface area (Å²) in [5, 5.41) is 1.36. The summed E-state index contributed by atoms with van der Waals surface area (Å²) >= 11 is 0. The van der Waals surface area contributed by atoms with E-state index in [1.807, 2.05) is 0 Å². The molecule has 0 amide bonds. The zero-order chi connectivity index (χ0) is 13.9. The molecule has 1 saturated carbocycles. The highest BCUT2D eigenvalue weighted by Crippen LogP contribution is 2.27. The molecule has 3 rings (SSSR count). The summed E-state index contributed by atoms with van der Waals surface area (Å²) in [6, 6.07) is 9.27. The zero-order valence-corrected chi connectivity index (χ0v) is 12.5. The Hall–Kier alpha value is -1.28. The molecule has 1 aromatic carbocycles. The van der Waals surface area contributed by atoms with Gasteiger partial charge in [0.2, 0.25) is 0 Å². The molecule has 1 unspecified atom stereocenters. The number of nitrogens with zero attached hydrogens (tertiary/aromatic N) is 1. The van der Waals surface area contributed by atoms with Crippen LogP contribution in [0.4, 0.5) is 0 Å². The van der Waals surface area contributed by atoms with Gasteiger partial charge in [-0.25, -0.2) is 0 Å². The first kappa shape index (κ1) is 13.7. The minimum atomic E-state index is 0.231. The molecule has 0 aliphatic heterocycles. The average Bonchev–Trinajstić information content (AvgIpc) is 2.82. The maximum absolute atomic E-state index is 5.92. The van der Waals surface area contributed by atoms with Gasteiger partial charge in [-0.05, 0) is 55.2 Å². The second kappa shape index (κ2) is 6.01. The van der Waals surface area contributed by atoms with Crippen LogP contribution in [0.1, 0.15) is 44.6 Å². The van der Waals surface area contributed by atoms with E-state index < -0.39 is 0 Å². The topological polar surface area (TPSA) is 30.9 Å². The Morgan fingerprint density at radius 3 is 2.75 bits per heavy atom. The van der Waals surface area contributed by atoms with Crippen molar-refractivity contribution in [3.05, 3.63) is 36.0 Å². The Morgan fingerprint density at radius 1 is 1.20 bits per heavy atom. The van der Waals surface area contributed by atoms with Crippen LogP contribution in [0, 0.1) is 5.92 Å². The molecular formula is C18H26N2. The van der Waals surface area contributed by atoms with Gasteiger partial charge < -0.3 is 10.3 Å². The summed E-state index contributed by atoms with van der Waals surface area (Å²) in [6.45, 7) is 3.26. The van der Waals surface area contributed by atoms with Crippen molar-refractivity contribution in [3.8, 4) is 0 Å². The molecule has 1 atom stereocenters. The smallest absolute Gasteiger partial charge is 0.0483 e. The lowest BCUT2D eigenvalue weighted by Crippen LogP contribution is -2.17. The molecule has 1 heterocycles. The van der Waals surface area contributed by atoms with E-state index in [0.717, 1.165) is 12.3 Å². The molecule has 2 heteroatoms. The van der Waals surface area contributed by atoms with Crippen LogP contribution in [-0.2, 0) is 13.0 Å². The van der Waals surface area contributed by atoms with Gasteiger partial charge in [-0.15, -0.1) is 0 Å². The average molecular weight is 270 g/mol. The van der Waals surface area contributed by atoms with E-state index in [9.17, 15) is 0 Å². The molecule has 1 fully saturated rings. The van der Waals surface area contributed by atoms with Crippen molar-refractivity contribution in [3.63, 3.8) is 0 Å². The number of nitrogens with two attached hydrogens (primary N) is 1. The van der Waals surface area contributed by atoms with Gasteiger partial charge in [0.15, 0.2) is 0 Å². The molecule has 2 aromatic rings. The first-order valence-electron chi connectivity index (χ1n) is 8.06. The summed E-state index contributed by atoms with van der Waals surface area (Å²) in [4.78, 5) is 0. The van der Waals surface area contributed by atoms with Gasteiger partial charge in [0.05, 0.1) is 0 Å². The molecule has 1 aliphatic carbocycles. The fraction of sp³-hybridized carbons (Fsp3) is 0.556. The number of hydrogen-bond donors (Lipinski definition) is 1. The molecule has 20 heavy (non-hydrogen) atoms. The van der Waals surface area contributed by atoms with Gasteiger partial charge in [0, 0.05) is 24.3 Å². The number of benzene rings is 1. The quantitative estimate of drug-likeness (QED) is 0.890. The van der Waals surface area contributed by atoms with Gasteiger partial charge in [-0.2, -0.15) is 0 Å². The second-order valence-corrected chi connectivity index (χ2v) is 6.55. The predicted molar refractivity (Wildman–Crippen MR) is 85.9 cm³/mol. The van der Waals surface area contributed by atoms with Crippen molar-refractivity contribution >= 4 is 10.9 Å². The maximum Gasteiger partial charge on any atom is 0.0483 e. The molecule has 1 aromatic heterocycles. The van der Waals surface area contributed by atoms with E-state index in [0.29, 0.717) is 0 Å². The standard InChI is InChI=1S/C18H26N2/c1-14(19)11-16-7-8-17-9-10-20(18(17)12-16)13-15-5-3-2-4-6-15/h7-10,12,14-15H,2-6,11,13,19H2,1H3. The normalized spacial score (nSPS) is 18.5. The second-order valence-electron chi connectivity index (χ2n) is 6.55. The van der Waals surface area contributed by atoms with E-state index in [4.69, 9.17) is 5.73 Å². The SMILES string of the molecule is CC(N)Cc1ccc2ccn(CC3CCCCC3)c2c1. The Labute approximate surface area is 122 Å². The molecule has 0 spiro atoms. The lowest BCUT2D eigenvalue weighted by atomic mass is 9.89. The van der Waals surface area contributed by atoms with Crippen LogP contribution in [0.15, 0.2) is 30.5 Å². The molecular weight excluding hydrogens is 244 g/mol. The van der Waals surface area contributed by atoms with Gasteiger partial charge in [-0.3, -0.25) is 0 Å². The molecule has 0 saturated heterocycles. The number of hydrogen-bond acceptors (Lipinski definition) is 1. The van der Waals surface area contributed by atoms with Crippen LogP contribution in [0.3, 0.4) is 0 Å². The van der Waals surface area contributed by atoms with E-state index in [1.165, 1.54) is 55.1 Å².